The van der Waals surface area contributed by atoms with Crippen LogP contribution in [0.15, 0.2) is 12.3 Å². The van der Waals surface area contributed by atoms with Crippen LogP contribution in [0.5, 0.6) is 5.75 Å². The minimum Gasteiger partial charge on any atom is -0.485 e. The second-order valence-electron chi connectivity index (χ2n) is 3.66. The van der Waals surface area contributed by atoms with Gasteiger partial charge in [-0.15, -0.1) is 0 Å². The molecule has 0 radical (unpaired) electrons. The Labute approximate surface area is 98.8 Å². The van der Waals surface area contributed by atoms with Crippen LogP contribution in [-0.2, 0) is 10.0 Å². The molecule has 1 saturated carbocycles. The van der Waals surface area contributed by atoms with E-state index < -0.39 is 10.0 Å². The van der Waals surface area contributed by atoms with E-state index in [0.29, 0.717) is 10.8 Å². The van der Waals surface area contributed by atoms with Gasteiger partial charge in [0.2, 0.25) is 10.0 Å². The number of halogens is 1. The lowest BCUT2D eigenvalue weighted by atomic mass is 10.4. The van der Waals surface area contributed by atoms with E-state index in [-0.39, 0.29) is 11.9 Å². The lowest BCUT2D eigenvalue weighted by Gasteiger charge is -2.11. The molecule has 1 aliphatic rings. The quantitative estimate of drug-likeness (QED) is 0.896. The summed E-state index contributed by atoms with van der Waals surface area (Å²) in [5.74, 6) is 0.444. The lowest BCUT2D eigenvalue weighted by molar-refractivity contribution is 0.304. The number of hydrogen-bond acceptors (Lipinski definition) is 4. The monoisotopic (exact) mass is 262 g/mol. The molecule has 1 N–H and O–H groups in total. The molecule has 88 valence electrons. The van der Waals surface area contributed by atoms with Crippen molar-refractivity contribution in [2.75, 3.05) is 11.0 Å². The van der Waals surface area contributed by atoms with E-state index in [2.05, 4.69) is 9.71 Å². The van der Waals surface area contributed by atoms with Gasteiger partial charge in [-0.25, -0.2) is 13.4 Å². The van der Waals surface area contributed by atoms with Crippen molar-refractivity contribution in [2.45, 2.75) is 18.9 Å². The molecule has 0 saturated heterocycles. The zero-order chi connectivity index (χ0) is 11.8. The zero-order valence-electron chi connectivity index (χ0n) is 8.60. The van der Waals surface area contributed by atoms with E-state index in [4.69, 9.17) is 16.3 Å². The normalized spacial score (nSPS) is 15.9. The molecule has 0 amide bonds. The Kier molecular flexibility index (Phi) is 2.94. The smallest absolute Gasteiger partial charge is 0.231 e. The van der Waals surface area contributed by atoms with Crippen molar-refractivity contribution in [3.8, 4) is 5.75 Å². The Morgan fingerprint density at radius 1 is 1.56 bits per heavy atom. The van der Waals surface area contributed by atoms with Gasteiger partial charge in [0.15, 0.2) is 11.6 Å². The van der Waals surface area contributed by atoms with Crippen LogP contribution in [0.25, 0.3) is 0 Å². The first-order valence-electron chi connectivity index (χ1n) is 4.74. The van der Waals surface area contributed by atoms with E-state index in [1.165, 1.54) is 6.20 Å². The summed E-state index contributed by atoms with van der Waals surface area (Å²) in [7, 11) is -3.38. The topological polar surface area (TPSA) is 68.3 Å². The fourth-order valence-electron chi connectivity index (χ4n) is 1.14. The standard InChI is InChI=1S/C9H11ClN2O3S/c1-16(13,14)12-9-8(15-6-2-3-6)7(10)4-5-11-9/h4-6H,2-3H2,1H3,(H,11,12). The number of hydrogen-bond donors (Lipinski definition) is 1. The van der Waals surface area contributed by atoms with Crippen LogP contribution in [0, 0.1) is 0 Å². The SMILES string of the molecule is CS(=O)(=O)Nc1nccc(Cl)c1OC1CC1. The highest BCUT2D eigenvalue weighted by molar-refractivity contribution is 7.92. The molecule has 0 aliphatic heterocycles. The Morgan fingerprint density at radius 2 is 2.25 bits per heavy atom. The van der Waals surface area contributed by atoms with Crippen molar-refractivity contribution in [3.05, 3.63) is 17.3 Å². The maximum atomic E-state index is 11.1. The number of sulfonamides is 1. The van der Waals surface area contributed by atoms with Crippen LogP contribution in [-0.4, -0.2) is 25.8 Å². The Morgan fingerprint density at radius 3 is 2.81 bits per heavy atom. The second kappa shape index (κ2) is 4.10. The molecule has 1 aliphatic carbocycles. The maximum Gasteiger partial charge on any atom is 0.231 e. The Balaban J connectivity index is 2.31. The molecule has 16 heavy (non-hydrogen) atoms. The predicted molar refractivity (Wildman–Crippen MR) is 61.4 cm³/mol. The molecule has 2 rings (SSSR count). The van der Waals surface area contributed by atoms with Gasteiger partial charge in [-0.2, -0.15) is 0 Å². The molecular formula is C9H11ClN2O3S. The van der Waals surface area contributed by atoms with E-state index in [1.54, 1.807) is 6.07 Å². The van der Waals surface area contributed by atoms with Gasteiger partial charge < -0.3 is 4.74 Å². The highest BCUT2D eigenvalue weighted by Gasteiger charge is 2.26. The lowest BCUT2D eigenvalue weighted by Crippen LogP contribution is -2.12. The van der Waals surface area contributed by atoms with Crippen LogP contribution in [0.2, 0.25) is 5.02 Å². The number of nitrogens with zero attached hydrogens (tertiary/aromatic N) is 1. The summed E-state index contributed by atoms with van der Waals surface area (Å²) in [5, 5.41) is 0.355. The molecule has 1 aromatic rings. The molecule has 1 aromatic heterocycles. The fourth-order valence-corrected chi connectivity index (χ4v) is 1.82. The predicted octanol–water partition coefficient (Wildman–Crippen LogP) is 1.65. The van der Waals surface area contributed by atoms with Gasteiger partial charge >= 0.3 is 0 Å². The average Bonchev–Trinajstić information content (AvgIpc) is 2.92. The third kappa shape index (κ3) is 2.99. The third-order valence-electron chi connectivity index (χ3n) is 1.95. The summed E-state index contributed by atoms with van der Waals surface area (Å²) in [4.78, 5) is 3.91. The first-order valence-corrected chi connectivity index (χ1v) is 7.01. The second-order valence-corrected chi connectivity index (χ2v) is 5.82. The van der Waals surface area contributed by atoms with Crippen molar-refractivity contribution >= 4 is 27.4 Å². The van der Waals surface area contributed by atoms with Crippen LogP contribution in [0.1, 0.15) is 12.8 Å². The molecule has 5 nitrogen and oxygen atoms in total. The number of pyridine rings is 1. The van der Waals surface area contributed by atoms with E-state index in [1.807, 2.05) is 0 Å². The first-order chi connectivity index (χ1) is 7.46. The van der Waals surface area contributed by atoms with Crippen molar-refractivity contribution in [2.24, 2.45) is 0 Å². The van der Waals surface area contributed by atoms with Crippen molar-refractivity contribution in [3.63, 3.8) is 0 Å². The van der Waals surface area contributed by atoms with E-state index in [9.17, 15) is 8.42 Å². The molecule has 0 aromatic carbocycles. The molecule has 0 bridgehead atoms. The van der Waals surface area contributed by atoms with Gasteiger partial charge in [0.25, 0.3) is 0 Å². The third-order valence-corrected chi connectivity index (χ3v) is 2.81. The molecule has 7 heteroatoms. The summed E-state index contributed by atoms with van der Waals surface area (Å²) in [6, 6.07) is 1.56. The van der Waals surface area contributed by atoms with Crippen LogP contribution in [0.4, 0.5) is 5.82 Å². The number of aromatic nitrogens is 1. The Bertz CT molecular complexity index is 499. The summed E-state index contributed by atoms with van der Waals surface area (Å²) in [6.07, 6.45) is 4.53. The number of anilines is 1. The van der Waals surface area contributed by atoms with E-state index in [0.717, 1.165) is 19.1 Å². The molecule has 0 unspecified atom stereocenters. The first kappa shape index (κ1) is 11.5. The van der Waals surface area contributed by atoms with Gasteiger partial charge in [-0.05, 0) is 18.9 Å². The molecule has 0 spiro atoms. The molecule has 1 fully saturated rings. The summed E-state index contributed by atoms with van der Waals surface area (Å²) >= 11 is 5.93. The van der Waals surface area contributed by atoms with Crippen molar-refractivity contribution in [1.82, 2.24) is 4.98 Å². The van der Waals surface area contributed by atoms with Crippen LogP contribution < -0.4 is 9.46 Å². The van der Waals surface area contributed by atoms with Gasteiger partial charge in [-0.3, -0.25) is 4.72 Å². The maximum absolute atomic E-state index is 11.1. The molecular weight excluding hydrogens is 252 g/mol. The number of rotatable bonds is 4. The highest BCUT2D eigenvalue weighted by Crippen LogP contribution is 2.36. The minimum atomic E-state index is -3.38. The van der Waals surface area contributed by atoms with Crippen molar-refractivity contribution in [1.29, 1.82) is 0 Å². The zero-order valence-corrected chi connectivity index (χ0v) is 10.2. The molecule has 1 heterocycles. The van der Waals surface area contributed by atoms with Crippen molar-refractivity contribution < 1.29 is 13.2 Å². The van der Waals surface area contributed by atoms with E-state index >= 15 is 0 Å². The minimum absolute atomic E-state index is 0.127. The highest BCUT2D eigenvalue weighted by atomic mass is 35.5. The molecule has 0 atom stereocenters. The fraction of sp³-hybridized carbons (Fsp3) is 0.444. The summed E-state index contributed by atoms with van der Waals surface area (Å²) < 4.78 is 30.0. The van der Waals surface area contributed by atoms with Gasteiger partial charge in [-0.1, -0.05) is 11.6 Å². The summed E-state index contributed by atoms with van der Waals surface area (Å²) in [6.45, 7) is 0. The van der Waals surface area contributed by atoms with Gasteiger partial charge in [0.05, 0.1) is 17.4 Å². The number of ether oxygens (including phenoxy) is 1. The van der Waals surface area contributed by atoms with Crippen LogP contribution in [0.3, 0.4) is 0 Å². The number of nitrogens with one attached hydrogen (secondary N) is 1. The van der Waals surface area contributed by atoms with Gasteiger partial charge in [0, 0.05) is 6.20 Å². The Hall–Kier alpha value is -1.01. The van der Waals surface area contributed by atoms with Crippen LogP contribution >= 0.6 is 11.6 Å². The summed E-state index contributed by atoms with van der Waals surface area (Å²) in [5.41, 5.74) is 0. The van der Waals surface area contributed by atoms with Gasteiger partial charge in [0.1, 0.15) is 0 Å². The average molecular weight is 263 g/mol. The largest absolute Gasteiger partial charge is 0.485 e.